The van der Waals surface area contributed by atoms with Crippen molar-refractivity contribution in [3.63, 3.8) is 0 Å². The van der Waals surface area contributed by atoms with Crippen molar-refractivity contribution in [2.45, 2.75) is 26.4 Å². The molecule has 3 aromatic carbocycles. The Morgan fingerprint density at radius 2 is 1.55 bits per heavy atom. The average molecular weight is 418 g/mol. The van der Waals surface area contributed by atoms with Crippen LogP contribution in [0.25, 0.3) is 11.1 Å². The van der Waals surface area contributed by atoms with Crippen molar-refractivity contribution in [3.8, 4) is 22.6 Å². The molecule has 0 heterocycles. The van der Waals surface area contributed by atoms with E-state index < -0.39 is 17.9 Å². The quantitative estimate of drug-likeness (QED) is 0.541. The number of carbonyl (C=O) groups is 2. The van der Waals surface area contributed by atoms with Crippen LogP contribution >= 0.6 is 0 Å². The topological polar surface area (TPSA) is 76.7 Å². The summed E-state index contributed by atoms with van der Waals surface area (Å²) in [6, 6.07) is 24.9. The van der Waals surface area contributed by atoms with E-state index in [9.17, 15) is 9.59 Å². The zero-order chi connectivity index (χ0) is 22.1. The molecule has 6 nitrogen and oxygen atoms in total. The van der Waals surface area contributed by atoms with Crippen LogP contribution in [-0.2, 0) is 9.59 Å². The molecule has 0 aliphatic heterocycles. The molecule has 0 aromatic heterocycles. The van der Waals surface area contributed by atoms with Gasteiger partial charge in [-0.15, -0.1) is 0 Å². The summed E-state index contributed by atoms with van der Waals surface area (Å²) < 4.78 is 11.2. The van der Waals surface area contributed by atoms with E-state index in [1.807, 2.05) is 74.5 Å². The molecule has 1 atom stereocenters. The summed E-state index contributed by atoms with van der Waals surface area (Å²) in [6.45, 7) is 3.56. The molecule has 0 aliphatic rings. The molecule has 3 rings (SSSR count). The summed E-state index contributed by atoms with van der Waals surface area (Å²) in [5.41, 5.74) is 7.95. The van der Waals surface area contributed by atoms with Gasteiger partial charge in [0.15, 0.2) is 12.7 Å². The van der Waals surface area contributed by atoms with Gasteiger partial charge < -0.3 is 9.47 Å². The van der Waals surface area contributed by atoms with Gasteiger partial charge in [0, 0.05) is 0 Å². The predicted octanol–water partition coefficient (Wildman–Crippen LogP) is 4.05. The normalized spacial score (nSPS) is 11.3. The summed E-state index contributed by atoms with van der Waals surface area (Å²) in [4.78, 5) is 24.4. The van der Waals surface area contributed by atoms with E-state index >= 15 is 0 Å². The van der Waals surface area contributed by atoms with Crippen molar-refractivity contribution in [3.05, 3.63) is 84.4 Å². The Balaban J connectivity index is 1.44. The number of rotatable bonds is 8. The minimum atomic E-state index is -0.714. The Morgan fingerprint density at radius 3 is 2.23 bits per heavy atom. The lowest BCUT2D eigenvalue weighted by molar-refractivity contribution is -0.134. The smallest absolute Gasteiger partial charge is 0.279 e. The second-order valence-corrected chi connectivity index (χ2v) is 7.05. The fourth-order valence-electron chi connectivity index (χ4n) is 2.95. The fourth-order valence-corrected chi connectivity index (χ4v) is 2.95. The van der Waals surface area contributed by atoms with Crippen LogP contribution in [0.2, 0.25) is 0 Å². The number of aryl methyl sites for hydroxylation is 1. The molecular formula is C25H26N2O4. The van der Waals surface area contributed by atoms with Crippen molar-refractivity contribution < 1.29 is 19.1 Å². The summed E-state index contributed by atoms with van der Waals surface area (Å²) in [5.74, 6) is 0.279. The molecule has 0 radical (unpaired) electrons. The maximum absolute atomic E-state index is 12.3. The highest BCUT2D eigenvalue weighted by atomic mass is 16.5. The zero-order valence-corrected chi connectivity index (χ0v) is 17.6. The number of hydrogen-bond donors (Lipinski definition) is 2. The Bertz CT molecular complexity index is 1000. The van der Waals surface area contributed by atoms with Gasteiger partial charge in [-0.25, -0.2) is 0 Å². The predicted molar refractivity (Wildman–Crippen MR) is 120 cm³/mol. The SMILES string of the molecule is CCC(Oc1cccc(C)c1)C(=O)NNC(=O)COc1ccc(-c2ccccc2)cc1. The van der Waals surface area contributed by atoms with Gasteiger partial charge in [0.1, 0.15) is 11.5 Å². The van der Waals surface area contributed by atoms with Gasteiger partial charge in [0.2, 0.25) is 0 Å². The third kappa shape index (κ3) is 6.60. The van der Waals surface area contributed by atoms with E-state index in [0.29, 0.717) is 17.9 Å². The lowest BCUT2D eigenvalue weighted by atomic mass is 10.1. The van der Waals surface area contributed by atoms with Crippen LogP contribution in [0, 0.1) is 6.92 Å². The van der Waals surface area contributed by atoms with Crippen molar-refractivity contribution in [2.24, 2.45) is 0 Å². The number of hydrogen-bond acceptors (Lipinski definition) is 4. The number of ether oxygens (including phenoxy) is 2. The van der Waals surface area contributed by atoms with Crippen molar-refractivity contribution in [1.29, 1.82) is 0 Å². The van der Waals surface area contributed by atoms with Crippen molar-refractivity contribution >= 4 is 11.8 Å². The summed E-state index contributed by atoms with van der Waals surface area (Å²) >= 11 is 0. The highest BCUT2D eigenvalue weighted by molar-refractivity contribution is 5.85. The van der Waals surface area contributed by atoms with Gasteiger partial charge in [-0.1, -0.05) is 61.5 Å². The molecule has 0 aliphatic carbocycles. The maximum atomic E-state index is 12.3. The zero-order valence-electron chi connectivity index (χ0n) is 17.6. The molecule has 0 bridgehead atoms. The number of amides is 2. The molecule has 2 N–H and O–H groups in total. The van der Waals surface area contributed by atoms with E-state index in [-0.39, 0.29) is 6.61 Å². The summed E-state index contributed by atoms with van der Waals surface area (Å²) in [5, 5.41) is 0. The van der Waals surface area contributed by atoms with Crippen LogP contribution in [0.1, 0.15) is 18.9 Å². The number of benzene rings is 3. The minimum Gasteiger partial charge on any atom is -0.484 e. The van der Waals surface area contributed by atoms with Gasteiger partial charge in [0.05, 0.1) is 0 Å². The third-order valence-corrected chi connectivity index (χ3v) is 4.59. The van der Waals surface area contributed by atoms with Crippen LogP contribution in [0.4, 0.5) is 0 Å². The van der Waals surface area contributed by atoms with E-state index in [0.717, 1.165) is 16.7 Å². The maximum Gasteiger partial charge on any atom is 0.279 e. The highest BCUT2D eigenvalue weighted by Gasteiger charge is 2.19. The lowest BCUT2D eigenvalue weighted by Gasteiger charge is -2.18. The number of carbonyl (C=O) groups excluding carboxylic acids is 2. The van der Waals surface area contributed by atoms with Gasteiger partial charge in [-0.05, 0) is 54.3 Å². The van der Waals surface area contributed by atoms with E-state index in [2.05, 4.69) is 10.9 Å². The molecule has 0 fully saturated rings. The molecule has 2 amide bonds. The van der Waals surface area contributed by atoms with Crippen LogP contribution in [0.3, 0.4) is 0 Å². The van der Waals surface area contributed by atoms with E-state index in [4.69, 9.17) is 9.47 Å². The Kier molecular flexibility index (Phi) is 7.65. The van der Waals surface area contributed by atoms with Gasteiger partial charge >= 0.3 is 0 Å². The second-order valence-electron chi connectivity index (χ2n) is 7.05. The largest absolute Gasteiger partial charge is 0.484 e. The molecule has 1 unspecified atom stereocenters. The lowest BCUT2D eigenvalue weighted by Crippen LogP contribution is -2.49. The Labute approximate surface area is 182 Å². The average Bonchev–Trinajstić information content (AvgIpc) is 2.80. The molecule has 160 valence electrons. The van der Waals surface area contributed by atoms with Crippen LogP contribution in [0.15, 0.2) is 78.9 Å². The van der Waals surface area contributed by atoms with E-state index in [1.165, 1.54) is 0 Å². The van der Waals surface area contributed by atoms with Crippen molar-refractivity contribution in [2.75, 3.05) is 6.61 Å². The molecule has 0 spiro atoms. The molecule has 3 aromatic rings. The molecule has 0 saturated carbocycles. The molecular weight excluding hydrogens is 392 g/mol. The van der Waals surface area contributed by atoms with Crippen LogP contribution < -0.4 is 20.3 Å². The monoisotopic (exact) mass is 418 g/mol. The van der Waals surface area contributed by atoms with Gasteiger partial charge in [-0.2, -0.15) is 0 Å². The molecule has 6 heteroatoms. The van der Waals surface area contributed by atoms with Crippen LogP contribution in [0.5, 0.6) is 11.5 Å². The molecule has 0 saturated heterocycles. The number of hydrazine groups is 1. The van der Waals surface area contributed by atoms with Gasteiger partial charge in [-0.3, -0.25) is 20.4 Å². The summed E-state index contributed by atoms with van der Waals surface area (Å²) in [6.07, 6.45) is -0.256. The highest BCUT2D eigenvalue weighted by Crippen LogP contribution is 2.22. The standard InChI is InChI=1S/C25H26N2O4/c1-3-23(31-22-11-7-8-18(2)16-22)25(29)27-26-24(28)17-30-21-14-12-20(13-15-21)19-9-5-4-6-10-19/h4-16,23H,3,17H2,1-2H3,(H,26,28)(H,27,29). The first-order chi connectivity index (χ1) is 15.0. The first kappa shape index (κ1) is 21.9. The third-order valence-electron chi connectivity index (χ3n) is 4.59. The first-order valence-electron chi connectivity index (χ1n) is 10.2. The second kappa shape index (κ2) is 10.8. The number of nitrogens with one attached hydrogen (secondary N) is 2. The fraction of sp³-hybridized carbons (Fsp3) is 0.200. The Morgan fingerprint density at radius 1 is 0.839 bits per heavy atom. The summed E-state index contributed by atoms with van der Waals surface area (Å²) in [7, 11) is 0. The van der Waals surface area contributed by atoms with E-state index in [1.54, 1.807) is 18.2 Å². The Hall–Kier alpha value is -3.80. The van der Waals surface area contributed by atoms with Crippen molar-refractivity contribution in [1.82, 2.24) is 10.9 Å². The first-order valence-corrected chi connectivity index (χ1v) is 10.2. The van der Waals surface area contributed by atoms with Crippen LogP contribution in [-0.4, -0.2) is 24.5 Å². The minimum absolute atomic E-state index is 0.222. The van der Waals surface area contributed by atoms with Gasteiger partial charge in [0.25, 0.3) is 11.8 Å². The molecule has 31 heavy (non-hydrogen) atoms.